The van der Waals surface area contributed by atoms with Crippen molar-refractivity contribution in [3.63, 3.8) is 0 Å². The molecule has 0 aliphatic heterocycles. The van der Waals surface area contributed by atoms with E-state index in [-0.39, 0.29) is 17.1 Å². The summed E-state index contributed by atoms with van der Waals surface area (Å²) in [6.45, 7) is 1.66. The van der Waals surface area contributed by atoms with Crippen LogP contribution in [0.2, 0.25) is 0 Å². The molecule has 1 aromatic rings. The Kier molecular flexibility index (Phi) is 5.47. The Morgan fingerprint density at radius 3 is 2.50 bits per heavy atom. The van der Waals surface area contributed by atoms with Crippen LogP contribution in [0.25, 0.3) is 0 Å². The third kappa shape index (κ3) is 3.93. The smallest absolute Gasteiger partial charge is 0.422 e. The van der Waals surface area contributed by atoms with E-state index in [1.54, 1.807) is 6.92 Å². The number of hydrogen-bond donors (Lipinski definition) is 2. The van der Waals surface area contributed by atoms with Crippen LogP contribution in [0.3, 0.4) is 0 Å². The van der Waals surface area contributed by atoms with Gasteiger partial charge in [0.05, 0.1) is 24.2 Å². The van der Waals surface area contributed by atoms with Crippen LogP contribution in [0.15, 0.2) is 29.2 Å². The number of hydrogen-bond acceptors (Lipinski definition) is 6. The second-order valence-electron chi connectivity index (χ2n) is 3.44. The van der Waals surface area contributed by atoms with Gasteiger partial charge in [-0.2, -0.15) is 0 Å². The zero-order valence-electron chi connectivity index (χ0n) is 10.9. The van der Waals surface area contributed by atoms with Gasteiger partial charge in [-0.1, -0.05) is 12.1 Å². The first-order chi connectivity index (χ1) is 9.42. The highest BCUT2D eigenvalue weighted by Crippen LogP contribution is 2.15. The molecular weight excluding hydrogens is 288 g/mol. The molecular formula is C11H14N2O6S. The van der Waals surface area contributed by atoms with E-state index in [2.05, 4.69) is 9.47 Å². The number of sulfonamides is 1. The zero-order chi connectivity index (χ0) is 15.2. The Hall–Kier alpha value is -2.13. The van der Waals surface area contributed by atoms with E-state index in [1.165, 1.54) is 24.3 Å². The molecule has 0 atom stereocenters. The van der Waals surface area contributed by atoms with Gasteiger partial charge in [0, 0.05) is 0 Å². The van der Waals surface area contributed by atoms with Crippen molar-refractivity contribution in [1.29, 1.82) is 0 Å². The molecule has 1 aromatic carbocycles. The normalized spacial score (nSPS) is 10.7. The first kappa shape index (κ1) is 15.9. The summed E-state index contributed by atoms with van der Waals surface area (Å²) >= 11 is 0. The summed E-state index contributed by atoms with van der Waals surface area (Å²) < 4.78 is 33.0. The van der Waals surface area contributed by atoms with Gasteiger partial charge >= 0.3 is 12.1 Å². The van der Waals surface area contributed by atoms with Gasteiger partial charge in [-0.05, 0) is 19.1 Å². The molecule has 0 bridgehead atoms. The third-order valence-corrected chi connectivity index (χ3v) is 3.45. The molecule has 0 radical (unpaired) electrons. The largest absolute Gasteiger partial charge is 0.465 e. The van der Waals surface area contributed by atoms with Crippen molar-refractivity contribution in [3.8, 4) is 0 Å². The summed E-state index contributed by atoms with van der Waals surface area (Å²) in [4.78, 5) is 24.0. The summed E-state index contributed by atoms with van der Waals surface area (Å²) in [5, 5.41) is 0. The molecule has 0 saturated carbocycles. The Morgan fingerprint density at radius 2 is 1.90 bits per heavy atom. The van der Waals surface area contributed by atoms with E-state index in [9.17, 15) is 18.0 Å². The van der Waals surface area contributed by atoms with Gasteiger partial charge in [-0.15, -0.1) is 4.83 Å². The topological polar surface area (TPSA) is 111 Å². The molecule has 0 fully saturated rings. The number of nitrogens with one attached hydrogen (secondary N) is 2. The van der Waals surface area contributed by atoms with Crippen molar-refractivity contribution in [2.75, 3.05) is 13.7 Å². The number of hydrazine groups is 1. The first-order valence-electron chi connectivity index (χ1n) is 5.54. The quantitative estimate of drug-likeness (QED) is 0.602. The van der Waals surface area contributed by atoms with Crippen molar-refractivity contribution < 1.29 is 27.5 Å². The molecule has 0 unspecified atom stereocenters. The number of ether oxygens (including phenoxy) is 2. The van der Waals surface area contributed by atoms with Crippen LogP contribution in [-0.4, -0.2) is 34.2 Å². The predicted molar refractivity (Wildman–Crippen MR) is 68.3 cm³/mol. The molecule has 8 nitrogen and oxygen atoms in total. The number of esters is 1. The maximum absolute atomic E-state index is 12.0. The monoisotopic (exact) mass is 302 g/mol. The van der Waals surface area contributed by atoms with E-state index in [4.69, 9.17) is 0 Å². The second-order valence-corrected chi connectivity index (χ2v) is 5.09. The SMILES string of the molecule is CCOC(=O)NNS(=O)(=O)c1ccccc1C(=O)OC. The lowest BCUT2D eigenvalue weighted by Crippen LogP contribution is -2.42. The standard InChI is InChI=1S/C11H14N2O6S/c1-3-19-11(15)12-13-20(16,17)9-7-5-4-6-8(9)10(14)18-2/h4-7,13H,3H2,1-2H3,(H,12,15). The summed E-state index contributed by atoms with van der Waals surface area (Å²) in [7, 11) is -2.99. The van der Waals surface area contributed by atoms with Gasteiger partial charge in [0.15, 0.2) is 0 Å². The van der Waals surface area contributed by atoms with E-state index in [0.29, 0.717) is 0 Å². The van der Waals surface area contributed by atoms with E-state index >= 15 is 0 Å². The lowest BCUT2D eigenvalue weighted by Gasteiger charge is -2.10. The maximum Gasteiger partial charge on any atom is 0.422 e. The molecule has 0 aliphatic carbocycles. The molecule has 0 heterocycles. The average molecular weight is 302 g/mol. The lowest BCUT2D eigenvalue weighted by molar-refractivity contribution is 0.0596. The molecule has 9 heteroatoms. The van der Waals surface area contributed by atoms with Crippen LogP contribution >= 0.6 is 0 Å². The van der Waals surface area contributed by atoms with Crippen molar-refractivity contribution >= 4 is 22.1 Å². The van der Waals surface area contributed by atoms with Crippen molar-refractivity contribution in [2.45, 2.75) is 11.8 Å². The highest BCUT2D eigenvalue weighted by atomic mass is 32.2. The third-order valence-electron chi connectivity index (χ3n) is 2.14. The highest BCUT2D eigenvalue weighted by Gasteiger charge is 2.23. The average Bonchev–Trinajstić information content (AvgIpc) is 2.45. The second kappa shape index (κ2) is 6.87. The van der Waals surface area contributed by atoms with E-state index in [1.807, 2.05) is 10.3 Å². The Bertz CT molecular complexity index is 599. The lowest BCUT2D eigenvalue weighted by atomic mass is 10.2. The van der Waals surface area contributed by atoms with Crippen molar-refractivity contribution in [1.82, 2.24) is 10.3 Å². The fraction of sp³-hybridized carbons (Fsp3) is 0.273. The highest BCUT2D eigenvalue weighted by molar-refractivity contribution is 7.89. The van der Waals surface area contributed by atoms with Crippen LogP contribution in [-0.2, 0) is 19.5 Å². The fourth-order valence-corrected chi connectivity index (χ4v) is 2.34. The number of rotatable bonds is 5. The minimum Gasteiger partial charge on any atom is -0.465 e. The van der Waals surface area contributed by atoms with Gasteiger partial charge in [-0.3, -0.25) is 0 Å². The minimum atomic E-state index is -4.12. The van der Waals surface area contributed by atoms with Gasteiger partial charge < -0.3 is 9.47 Å². The van der Waals surface area contributed by atoms with Gasteiger partial charge in [0.2, 0.25) is 0 Å². The van der Waals surface area contributed by atoms with Crippen molar-refractivity contribution in [2.24, 2.45) is 0 Å². The number of carbonyl (C=O) groups is 2. The summed E-state index contributed by atoms with van der Waals surface area (Å²) in [6, 6.07) is 5.43. The van der Waals surface area contributed by atoms with E-state index in [0.717, 1.165) is 7.11 Å². The van der Waals surface area contributed by atoms with E-state index < -0.39 is 22.1 Å². The van der Waals surface area contributed by atoms with Crippen LogP contribution in [0.1, 0.15) is 17.3 Å². The predicted octanol–water partition coefficient (Wildman–Crippen LogP) is 0.413. The maximum atomic E-state index is 12.0. The molecule has 0 aliphatic rings. The molecule has 0 spiro atoms. The summed E-state index contributed by atoms with van der Waals surface area (Å²) in [6.07, 6.45) is -0.952. The summed E-state index contributed by atoms with van der Waals surface area (Å²) in [5.41, 5.74) is 1.71. The van der Waals surface area contributed by atoms with Crippen molar-refractivity contribution in [3.05, 3.63) is 29.8 Å². The molecule has 110 valence electrons. The minimum absolute atomic E-state index is 0.0896. The number of benzene rings is 1. The molecule has 1 rings (SSSR count). The molecule has 0 saturated heterocycles. The van der Waals surface area contributed by atoms with Gasteiger partial charge in [-0.25, -0.2) is 23.4 Å². The van der Waals surface area contributed by atoms with Gasteiger partial charge in [0.25, 0.3) is 10.0 Å². The Labute approximate surface area is 116 Å². The van der Waals surface area contributed by atoms with Crippen LogP contribution in [0.4, 0.5) is 4.79 Å². The van der Waals surface area contributed by atoms with Crippen LogP contribution in [0.5, 0.6) is 0 Å². The van der Waals surface area contributed by atoms with Crippen LogP contribution < -0.4 is 10.3 Å². The fourth-order valence-electron chi connectivity index (χ4n) is 1.31. The zero-order valence-corrected chi connectivity index (χ0v) is 11.7. The Balaban J connectivity index is 2.98. The molecule has 1 amide bonds. The number of methoxy groups -OCH3 is 1. The summed E-state index contributed by atoms with van der Waals surface area (Å²) in [5.74, 6) is -0.804. The molecule has 0 aromatic heterocycles. The van der Waals surface area contributed by atoms with Crippen LogP contribution in [0, 0.1) is 0 Å². The Morgan fingerprint density at radius 1 is 1.25 bits per heavy atom. The van der Waals surface area contributed by atoms with Gasteiger partial charge in [0.1, 0.15) is 0 Å². The molecule has 2 N–H and O–H groups in total. The number of carbonyl (C=O) groups excluding carboxylic acids is 2. The first-order valence-corrected chi connectivity index (χ1v) is 7.02. The number of amides is 1. The molecule has 20 heavy (non-hydrogen) atoms.